The van der Waals surface area contributed by atoms with E-state index in [-0.39, 0.29) is 11.6 Å². The summed E-state index contributed by atoms with van der Waals surface area (Å²) in [5.74, 6) is 3.09. The van der Waals surface area contributed by atoms with Crippen molar-refractivity contribution < 1.29 is 4.79 Å². The van der Waals surface area contributed by atoms with Crippen molar-refractivity contribution in [2.24, 2.45) is 17.8 Å². The lowest BCUT2D eigenvalue weighted by Crippen LogP contribution is -2.60. The number of hydrogen-bond donors (Lipinski definition) is 2. The number of urea groups is 1. The predicted molar refractivity (Wildman–Crippen MR) is 85.0 cm³/mol. The number of anilines is 1. The normalized spacial score (nSPS) is 36.5. The van der Waals surface area contributed by atoms with Crippen LogP contribution in [-0.4, -0.2) is 16.6 Å². The third-order valence-corrected chi connectivity index (χ3v) is 5.87. The Labute approximate surface area is 133 Å². The number of rotatable bonds is 2. The van der Waals surface area contributed by atoms with Gasteiger partial charge in [0.2, 0.25) is 0 Å². The Morgan fingerprint density at radius 3 is 2.38 bits per heavy atom. The average molecular weight is 350 g/mol. The summed E-state index contributed by atoms with van der Waals surface area (Å²) < 4.78 is 0.919. The maximum Gasteiger partial charge on any atom is 0.320 e. The van der Waals surface area contributed by atoms with Crippen molar-refractivity contribution in [3.63, 3.8) is 0 Å². The number of pyridine rings is 1. The van der Waals surface area contributed by atoms with E-state index in [1.807, 2.05) is 12.1 Å². The van der Waals surface area contributed by atoms with Crippen LogP contribution in [0.4, 0.5) is 10.6 Å². The molecule has 1 heterocycles. The van der Waals surface area contributed by atoms with Crippen molar-refractivity contribution in [3.05, 3.63) is 22.8 Å². The fourth-order valence-corrected chi connectivity index (χ4v) is 5.46. The van der Waals surface area contributed by atoms with Crippen LogP contribution >= 0.6 is 15.9 Å². The lowest BCUT2D eigenvalue weighted by atomic mass is 9.53. The van der Waals surface area contributed by atoms with Gasteiger partial charge in [-0.25, -0.2) is 9.78 Å². The van der Waals surface area contributed by atoms with Crippen LogP contribution in [0.1, 0.15) is 38.5 Å². The van der Waals surface area contributed by atoms with Gasteiger partial charge in [-0.2, -0.15) is 0 Å². The largest absolute Gasteiger partial charge is 0.332 e. The molecule has 1 aromatic heterocycles. The quantitative estimate of drug-likeness (QED) is 0.849. The first-order valence-corrected chi connectivity index (χ1v) is 8.60. The van der Waals surface area contributed by atoms with E-state index in [1.165, 1.54) is 38.5 Å². The maximum absolute atomic E-state index is 12.3. The molecule has 0 radical (unpaired) electrons. The van der Waals surface area contributed by atoms with Crippen LogP contribution in [0.5, 0.6) is 0 Å². The van der Waals surface area contributed by atoms with Crippen LogP contribution in [0.25, 0.3) is 0 Å². The molecule has 4 bridgehead atoms. The van der Waals surface area contributed by atoms with Gasteiger partial charge in [0.05, 0.1) is 0 Å². The highest BCUT2D eigenvalue weighted by Crippen LogP contribution is 2.55. The van der Waals surface area contributed by atoms with Gasteiger partial charge in [0, 0.05) is 16.2 Å². The summed E-state index contributed by atoms with van der Waals surface area (Å²) in [6.07, 6.45) is 9.33. The topological polar surface area (TPSA) is 54.0 Å². The molecule has 4 saturated carbocycles. The van der Waals surface area contributed by atoms with E-state index in [0.717, 1.165) is 22.2 Å². The summed E-state index contributed by atoms with van der Waals surface area (Å²) in [6, 6.07) is 3.56. The highest BCUT2D eigenvalue weighted by Gasteiger charge is 2.51. The first-order valence-electron chi connectivity index (χ1n) is 7.81. The van der Waals surface area contributed by atoms with E-state index in [2.05, 4.69) is 31.5 Å². The fraction of sp³-hybridized carbons (Fsp3) is 0.625. The van der Waals surface area contributed by atoms with Crippen LogP contribution in [0.3, 0.4) is 0 Å². The molecule has 4 aliphatic carbocycles. The van der Waals surface area contributed by atoms with Gasteiger partial charge in [0.1, 0.15) is 5.82 Å². The highest BCUT2D eigenvalue weighted by molar-refractivity contribution is 9.10. The number of carbonyl (C=O) groups is 1. The molecule has 1 aromatic rings. The number of hydrogen-bond acceptors (Lipinski definition) is 2. The Morgan fingerprint density at radius 1 is 1.19 bits per heavy atom. The Hall–Kier alpha value is -1.10. The molecule has 5 heteroatoms. The van der Waals surface area contributed by atoms with E-state index in [9.17, 15) is 4.79 Å². The molecule has 4 fully saturated rings. The molecule has 4 aliphatic rings. The second kappa shape index (κ2) is 4.97. The van der Waals surface area contributed by atoms with Crippen LogP contribution < -0.4 is 10.6 Å². The molecule has 112 valence electrons. The molecule has 4 nitrogen and oxygen atoms in total. The standard InChI is InChI=1S/C16H20BrN3O/c17-13-1-2-18-14(6-13)19-15(21)20-16-7-10-3-11(8-16)5-12(4-10)9-16/h1-2,6,10-12H,3-5,7-9H2,(H2,18,19,20,21). The molecule has 0 unspecified atom stereocenters. The van der Waals surface area contributed by atoms with E-state index < -0.39 is 0 Å². The van der Waals surface area contributed by atoms with Crippen LogP contribution in [0, 0.1) is 17.8 Å². The molecule has 0 aromatic carbocycles. The summed E-state index contributed by atoms with van der Waals surface area (Å²) in [5.41, 5.74) is 0.0465. The molecular formula is C16H20BrN3O. The van der Waals surface area contributed by atoms with E-state index >= 15 is 0 Å². The van der Waals surface area contributed by atoms with Crippen molar-refractivity contribution in [2.45, 2.75) is 44.1 Å². The van der Waals surface area contributed by atoms with Crippen LogP contribution in [0.15, 0.2) is 22.8 Å². The number of nitrogens with one attached hydrogen (secondary N) is 2. The molecule has 0 aliphatic heterocycles. The third-order valence-electron chi connectivity index (χ3n) is 5.38. The SMILES string of the molecule is O=C(Nc1cc(Br)ccn1)NC12CC3CC(CC(C3)C1)C2. The molecule has 0 saturated heterocycles. The van der Waals surface area contributed by atoms with Gasteiger partial charge in [0.15, 0.2) is 0 Å². The first kappa shape index (κ1) is 13.6. The molecule has 0 atom stereocenters. The molecule has 2 N–H and O–H groups in total. The zero-order valence-corrected chi connectivity index (χ0v) is 13.5. The number of nitrogens with zero attached hydrogens (tertiary/aromatic N) is 1. The summed E-state index contributed by atoms with van der Waals surface area (Å²) in [7, 11) is 0. The molecule has 2 amide bonds. The van der Waals surface area contributed by atoms with E-state index in [0.29, 0.717) is 5.82 Å². The van der Waals surface area contributed by atoms with Crippen molar-refractivity contribution in [1.29, 1.82) is 0 Å². The minimum atomic E-state index is -0.109. The summed E-state index contributed by atoms with van der Waals surface area (Å²) in [6.45, 7) is 0. The Kier molecular flexibility index (Phi) is 3.21. The van der Waals surface area contributed by atoms with Gasteiger partial charge < -0.3 is 5.32 Å². The number of halogens is 1. The van der Waals surface area contributed by atoms with Gasteiger partial charge in [-0.3, -0.25) is 5.32 Å². The summed E-state index contributed by atoms with van der Waals surface area (Å²) in [5, 5.41) is 6.15. The molecular weight excluding hydrogens is 330 g/mol. The van der Waals surface area contributed by atoms with E-state index in [1.54, 1.807) is 6.20 Å². The number of amides is 2. The second-order valence-electron chi connectivity index (χ2n) is 7.14. The second-order valence-corrected chi connectivity index (χ2v) is 8.05. The summed E-state index contributed by atoms with van der Waals surface area (Å²) >= 11 is 3.39. The Balaban J connectivity index is 1.45. The predicted octanol–water partition coefficient (Wildman–Crippen LogP) is 3.93. The van der Waals surface area contributed by atoms with Crippen molar-refractivity contribution >= 4 is 27.8 Å². The van der Waals surface area contributed by atoms with Crippen LogP contribution in [0.2, 0.25) is 0 Å². The third kappa shape index (κ3) is 2.68. The van der Waals surface area contributed by atoms with Crippen LogP contribution in [-0.2, 0) is 0 Å². The highest BCUT2D eigenvalue weighted by atomic mass is 79.9. The van der Waals surface area contributed by atoms with E-state index in [4.69, 9.17) is 0 Å². The lowest BCUT2D eigenvalue weighted by molar-refractivity contribution is -0.0127. The minimum Gasteiger partial charge on any atom is -0.332 e. The lowest BCUT2D eigenvalue weighted by Gasteiger charge is -2.56. The molecule has 5 rings (SSSR count). The smallest absolute Gasteiger partial charge is 0.320 e. The van der Waals surface area contributed by atoms with Crippen molar-refractivity contribution in [2.75, 3.05) is 5.32 Å². The summed E-state index contributed by atoms with van der Waals surface area (Å²) in [4.78, 5) is 16.5. The number of carbonyl (C=O) groups excluding carboxylic acids is 1. The minimum absolute atomic E-state index is 0.0465. The Morgan fingerprint density at radius 2 is 1.81 bits per heavy atom. The van der Waals surface area contributed by atoms with Crippen molar-refractivity contribution in [3.8, 4) is 0 Å². The monoisotopic (exact) mass is 349 g/mol. The molecule has 21 heavy (non-hydrogen) atoms. The van der Waals surface area contributed by atoms with Gasteiger partial charge in [-0.15, -0.1) is 0 Å². The zero-order chi connectivity index (χ0) is 14.4. The number of aromatic nitrogens is 1. The van der Waals surface area contributed by atoms with Gasteiger partial charge in [0.25, 0.3) is 0 Å². The van der Waals surface area contributed by atoms with Gasteiger partial charge in [-0.1, -0.05) is 15.9 Å². The maximum atomic E-state index is 12.3. The Bertz CT molecular complexity index is 539. The molecule has 0 spiro atoms. The van der Waals surface area contributed by atoms with Crippen molar-refractivity contribution in [1.82, 2.24) is 10.3 Å². The first-order chi connectivity index (χ1) is 10.1. The van der Waals surface area contributed by atoms with Gasteiger partial charge >= 0.3 is 6.03 Å². The average Bonchev–Trinajstić information content (AvgIpc) is 2.35. The van der Waals surface area contributed by atoms with Gasteiger partial charge in [-0.05, 0) is 68.4 Å². The fourth-order valence-electron chi connectivity index (χ4n) is 5.13. The zero-order valence-electron chi connectivity index (χ0n) is 11.9.